The number of piperazine rings is 1. The first kappa shape index (κ1) is 20.2. The first-order chi connectivity index (χ1) is 14.3. The number of hydrogen-bond donors (Lipinski definition) is 1. The Labute approximate surface area is 179 Å². The fourth-order valence-corrected chi connectivity index (χ4v) is 5.16. The van der Waals surface area contributed by atoms with Crippen LogP contribution in [0.3, 0.4) is 0 Å². The fourth-order valence-electron chi connectivity index (χ4n) is 4.37. The Hall–Kier alpha value is -2.05. The van der Waals surface area contributed by atoms with Crippen molar-refractivity contribution in [1.82, 2.24) is 15.1 Å². The second-order valence-corrected chi connectivity index (χ2v) is 8.97. The van der Waals surface area contributed by atoms with Crippen LogP contribution in [0.25, 0.3) is 0 Å². The molecule has 1 N–H and O–H groups in total. The number of aliphatic imine (C=N–C) groups is 1. The molecule has 4 rings (SSSR count). The number of nitrogens with zero attached hydrogens (tertiary/aromatic N) is 4. The highest BCUT2D eigenvalue weighted by Crippen LogP contribution is 2.22. The Kier molecular flexibility index (Phi) is 7.06. The van der Waals surface area contributed by atoms with Gasteiger partial charge in [-0.25, -0.2) is 0 Å². The molecule has 0 saturated carbocycles. The van der Waals surface area contributed by atoms with E-state index in [1.54, 1.807) is 0 Å². The molecule has 6 heteroatoms. The minimum Gasteiger partial charge on any atom is -0.360 e. The number of anilines is 1. The number of rotatable bonds is 6. The number of thiophene rings is 1. The predicted octanol–water partition coefficient (Wildman–Crippen LogP) is 3.01. The smallest absolute Gasteiger partial charge is 0.193 e. The molecule has 3 heterocycles. The molecule has 1 atom stereocenters. The summed E-state index contributed by atoms with van der Waals surface area (Å²) in [5.74, 6) is 1.79. The van der Waals surface area contributed by atoms with Crippen molar-refractivity contribution in [3.63, 3.8) is 0 Å². The summed E-state index contributed by atoms with van der Waals surface area (Å²) in [4.78, 5) is 12.1. The van der Waals surface area contributed by atoms with Gasteiger partial charge < -0.3 is 20.0 Å². The number of likely N-dealkylation sites (tertiary alicyclic amines) is 1. The lowest BCUT2D eigenvalue weighted by atomic mass is 10.1. The van der Waals surface area contributed by atoms with E-state index in [4.69, 9.17) is 0 Å². The predicted molar refractivity (Wildman–Crippen MR) is 124 cm³/mol. The van der Waals surface area contributed by atoms with E-state index in [9.17, 15) is 0 Å². The summed E-state index contributed by atoms with van der Waals surface area (Å²) in [6, 6.07) is 15.2. The zero-order chi connectivity index (χ0) is 19.9. The number of benzene rings is 1. The zero-order valence-electron chi connectivity index (χ0n) is 17.5. The van der Waals surface area contributed by atoms with Gasteiger partial charge in [0.1, 0.15) is 0 Å². The van der Waals surface area contributed by atoms with E-state index in [-0.39, 0.29) is 0 Å². The van der Waals surface area contributed by atoms with E-state index in [2.05, 4.69) is 72.9 Å². The topological polar surface area (TPSA) is 34.1 Å². The highest BCUT2D eigenvalue weighted by Gasteiger charge is 2.24. The van der Waals surface area contributed by atoms with Crippen molar-refractivity contribution >= 4 is 22.3 Å². The van der Waals surface area contributed by atoms with Crippen molar-refractivity contribution in [3.05, 3.63) is 53.4 Å². The van der Waals surface area contributed by atoms with E-state index in [1.807, 2.05) is 18.4 Å². The van der Waals surface area contributed by atoms with E-state index >= 15 is 0 Å². The Morgan fingerprint density at radius 3 is 2.62 bits per heavy atom. The average molecular weight is 412 g/mol. The van der Waals surface area contributed by atoms with Crippen LogP contribution < -0.4 is 10.2 Å². The molecule has 5 nitrogen and oxygen atoms in total. The minimum absolute atomic E-state index is 0.718. The lowest BCUT2D eigenvalue weighted by Gasteiger charge is -2.37. The molecule has 2 fully saturated rings. The molecule has 0 aliphatic carbocycles. The number of nitrogens with one attached hydrogen (secondary N) is 1. The van der Waals surface area contributed by atoms with Gasteiger partial charge in [0.25, 0.3) is 0 Å². The van der Waals surface area contributed by atoms with Gasteiger partial charge in [0.05, 0.1) is 5.00 Å². The maximum absolute atomic E-state index is 4.56. The van der Waals surface area contributed by atoms with Crippen molar-refractivity contribution in [2.45, 2.75) is 12.8 Å². The summed E-state index contributed by atoms with van der Waals surface area (Å²) >= 11 is 1.83. The van der Waals surface area contributed by atoms with Gasteiger partial charge in [-0.3, -0.25) is 4.99 Å². The van der Waals surface area contributed by atoms with Gasteiger partial charge >= 0.3 is 0 Å². The molecule has 1 aromatic carbocycles. The molecular formula is C23H33N5S. The summed E-state index contributed by atoms with van der Waals surface area (Å²) in [5.41, 5.74) is 1.44. The summed E-state index contributed by atoms with van der Waals surface area (Å²) in [6.07, 6.45) is 2.43. The number of hydrogen-bond acceptors (Lipinski definition) is 4. The van der Waals surface area contributed by atoms with Gasteiger partial charge in [0.2, 0.25) is 0 Å². The van der Waals surface area contributed by atoms with E-state index in [0.717, 1.165) is 51.0 Å². The summed E-state index contributed by atoms with van der Waals surface area (Å²) in [5, 5.41) is 7.20. The average Bonchev–Trinajstić information content (AvgIpc) is 3.46. The zero-order valence-corrected chi connectivity index (χ0v) is 18.3. The van der Waals surface area contributed by atoms with Crippen molar-refractivity contribution < 1.29 is 0 Å². The SMILES string of the molecule is CN=C(NCC1CCN(CCc2ccccc2)C1)N1CCN(c2cccs2)CC1. The molecule has 0 radical (unpaired) electrons. The standard InChI is InChI=1S/C23H33N5S/c1-24-23(28-15-13-27(14-16-28)22-8-5-17-29-22)25-18-21-10-12-26(19-21)11-9-20-6-3-2-4-7-20/h2-8,17,21H,9-16,18-19H2,1H3,(H,24,25). The largest absolute Gasteiger partial charge is 0.360 e. The summed E-state index contributed by atoms with van der Waals surface area (Å²) < 4.78 is 0. The van der Waals surface area contributed by atoms with Crippen molar-refractivity contribution in [2.75, 3.05) is 64.3 Å². The van der Waals surface area contributed by atoms with Crippen LogP contribution in [-0.2, 0) is 6.42 Å². The molecule has 2 aromatic rings. The van der Waals surface area contributed by atoms with Crippen LogP contribution in [0.1, 0.15) is 12.0 Å². The van der Waals surface area contributed by atoms with Crippen LogP contribution in [0.15, 0.2) is 52.8 Å². The van der Waals surface area contributed by atoms with Gasteiger partial charge in [-0.1, -0.05) is 30.3 Å². The molecule has 1 aromatic heterocycles. The number of guanidine groups is 1. The normalized spacial score (nSPS) is 21.0. The minimum atomic E-state index is 0.718. The Morgan fingerprint density at radius 2 is 1.90 bits per heavy atom. The van der Waals surface area contributed by atoms with Crippen LogP contribution in [0.4, 0.5) is 5.00 Å². The maximum atomic E-state index is 4.56. The third-order valence-corrected chi connectivity index (χ3v) is 7.02. The molecule has 0 amide bonds. The highest BCUT2D eigenvalue weighted by molar-refractivity contribution is 7.14. The van der Waals surface area contributed by atoms with Gasteiger partial charge in [0, 0.05) is 52.9 Å². The lowest BCUT2D eigenvalue weighted by molar-refractivity contribution is 0.325. The van der Waals surface area contributed by atoms with Crippen LogP contribution in [-0.4, -0.2) is 75.2 Å². The van der Waals surface area contributed by atoms with E-state index < -0.39 is 0 Å². The molecule has 0 bridgehead atoms. The molecular weight excluding hydrogens is 378 g/mol. The Balaban J connectivity index is 1.17. The third kappa shape index (κ3) is 5.52. The van der Waals surface area contributed by atoms with Crippen LogP contribution in [0.2, 0.25) is 0 Å². The second kappa shape index (κ2) is 10.1. The monoisotopic (exact) mass is 411 g/mol. The molecule has 2 saturated heterocycles. The third-order valence-electron chi connectivity index (χ3n) is 6.09. The van der Waals surface area contributed by atoms with Crippen LogP contribution in [0.5, 0.6) is 0 Å². The molecule has 2 aliphatic rings. The molecule has 0 spiro atoms. The molecule has 1 unspecified atom stereocenters. The lowest BCUT2D eigenvalue weighted by Crippen LogP contribution is -2.53. The van der Waals surface area contributed by atoms with Crippen molar-refractivity contribution in [2.24, 2.45) is 10.9 Å². The summed E-state index contributed by atoms with van der Waals surface area (Å²) in [6.45, 7) is 8.81. The van der Waals surface area contributed by atoms with Crippen molar-refractivity contribution in [3.8, 4) is 0 Å². The van der Waals surface area contributed by atoms with E-state index in [0.29, 0.717) is 0 Å². The fraction of sp³-hybridized carbons (Fsp3) is 0.522. The first-order valence-electron chi connectivity index (χ1n) is 10.8. The van der Waals surface area contributed by atoms with E-state index in [1.165, 1.54) is 36.6 Å². The Bertz CT molecular complexity index is 753. The molecule has 156 valence electrons. The quantitative estimate of drug-likeness (QED) is 0.585. The maximum Gasteiger partial charge on any atom is 0.193 e. The van der Waals surface area contributed by atoms with Gasteiger partial charge in [0.15, 0.2) is 5.96 Å². The molecule has 29 heavy (non-hydrogen) atoms. The summed E-state index contributed by atoms with van der Waals surface area (Å²) in [7, 11) is 1.91. The van der Waals surface area contributed by atoms with Gasteiger partial charge in [-0.05, 0) is 48.4 Å². The van der Waals surface area contributed by atoms with Gasteiger partial charge in [-0.2, -0.15) is 0 Å². The highest BCUT2D eigenvalue weighted by atomic mass is 32.1. The van der Waals surface area contributed by atoms with Crippen LogP contribution in [0, 0.1) is 5.92 Å². The van der Waals surface area contributed by atoms with Crippen LogP contribution >= 0.6 is 11.3 Å². The van der Waals surface area contributed by atoms with Gasteiger partial charge in [-0.15, -0.1) is 11.3 Å². The molecule has 2 aliphatic heterocycles. The second-order valence-electron chi connectivity index (χ2n) is 8.04. The first-order valence-corrected chi connectivity index (χ1v) is 11.7. The Morgan fingerprint density at radius 1 is 1.07 bits per heavy atom. The van der Waals surface area contributed by atoms with Crippen molar-refractivity contribution in [1.29, 1.82) is 0 Å².